The molecule has 0 fully saturated rings. The van der Waals surface area contributed by atoms with E-state index in [-0.39, 0.29) is 5.69 Å². The predicted molar refractivity (Wildman–Crippen MR) is 112 cm³/mol. The van der Waals surface area contributed by atoms with Crippen LogP contribution in [0.2, 0.25) is 0 Å². The van der Waals surface area contributed by atoms with E-state index in [1.807, 2.05) is 41.8 Å². The molecule has 146 valence electrons. The Balaban J connectivity index is 1.50. The smallest absolute Gasteiger partial charge is 0.276 e. The van der Waals surface area contributed by atoms with Crippen LogP contribution in [0.25, 0.3) is 9.88 Å². The van der Waals surface area contributed by atoms with E-state index in [2.05, 4.69) is 25.5 Å². The maximum absolute atomic E-state index is 12.5. The van der Waals surface area contributed by atoms with E-state index in [4.69, 9.17) is 4.74 Å². The summed E-state index contributed by atoms with van der Waals surface area (Å²) in [6, 6.07) is 12.4. The lowest BCUT2D eigenvalue weighted by atomic mass is 10.1. The minimum atomic E-state index is -0.513. The molecular weight excluding hydrogens is 410 g/mol. The number of nitrogens with one attached hydrogen (secondary N) is 2. The van der Waals surface area contributed by atoms with Crippen molar-refractivity contribution in [2.24, 2.45) is 0 Å². The summed E-state index contributed by atoms with van der Waals surface area (Å²) >= 11 is 2.80. The van der Waals surface area contributed by atoms with Crippen LogP contribution in [0.1, 0.15) is 21.9 Å². The Labute approximate surface area is 173 Å². The van der Waals surface area contributed by atoms with Gasteiger partial charge in [-0.2, -0.15) is 0 Å². The van der Waals surface area contributed by atoms with Gasteiger partial charge in [0.25, 0.3) is 11.5 Å². The summed E-state index contributed by atoms with van der Waals surface area (Å²) in [7, 11) is 1.59. The Morgan fingerprint density at radius 3 is 2.76 bits per heavy atom. The summed E-state index contributed by atoms with van der Waals surface area (Å²) in [6.45, 7) is 0. The van der Waals surface area contributed by atoms with Crippen LogP contribution in [0, 0.1) is 0 Å². The van der Waals surface area contributed by atoms with Crippen molar-refractivity contribution in [2.75, 3.05) is 12.4 Å². The summed E-state index contributed by atoms with van der Waals surface area (Å²) in [4.78, 5) is 32.5. The number of anilines is 1. The third-order valence-corrected chi connectivity index (χ3v) is 5.81. The fraction of sp³-hybridized carbons (Fsp3) is 0.105. The second-order valence-corrected chi connectivity index (χ2v) is 7.87. The lowest BCUT2D eigenvalue weighted by Crippen LogP contribution is -2.20. The van der Waals surface area contributed by atoms with Gasteiger partial charge < -0.3 is 9.72 Å². The van der Waals surface area contributed by atoms with Gasteiger partial charge >= 0.3 is 0 Å². The molecule has 0 aliphatic rings. The van der Waals surface area contributed by atoms with Gasteiger partial charge in [0.05, 0.1) is 12.0 Å². The summed E-state index contributed by atoms with van der Waals surface area (Å²) in [5.74, 6) is 0.618. The van der Waals surface area contributed by atoms with Gasteiger partial charge in [-0.1, -0.05) is 29.5 Å². The van der Waals surface area contributed by atoms with Crippen molar-refractivity contribution < 1.29 is 9.53 Å². The van der Waals surface area contributed by atoms with E-state index in [1.54, 1.807) is 18.4 Å². The molecule has 0 spiro atoms. The van der Waals surface area contributed by atoms with Gasteiger partial charge in [0, 0.05) is 12.5 Å². The second-order valence-electron chi connectivity index (χ2n) is 5.95. The van der Waals surface area contributed by atoms with E-state index in [0.717, 1.165) is 27.3 Å². The van der Waals surface area contributed by atoms with Crippen molar-refractivity contribution in [3.63, 3.8) is 0 Å². The molecule has 4 rings (SSSR count). The largest absolute Gasteiger partial charge is 0.497 e. The normalized spacial score (nSPS) is 10.7. The summed E-state index contributed by atoms with van der Waals surface area (Å²) in [5.41, 5.74) is 0.548. The lowest BCUT2D eigenvalue weighted by molar-refractivity contribution is 0.102. The van der Waals surface area contributed by atoms with Gasteiger partial charge in [0.2, 0.25) is 5.13 Å². The van der Waals surface area contributed by atoms with Gasteiger partial charge in [-0.15, -0.1) is 21.5 Å². The van der Waals surface area contributed by atoms with E-state index < -0.39 is 11.5 Å². The zero-order valence-corrected chi connectivity index (χ0v) is 16.8. The van der Waals surface area contributed by atoms with Crippen molar-refractivity contribution in [1.82, 2.24) is 20.2 Å². The molecule has 3 heterocycles. The highest BCUT2D eigenvalue weighted by Crippen LogP contribution is 2.29. The molecule has 0 aliphatic carbocycles. The molecular formula is C19H15N5O3S2. The summed E-state index contributed by atoms with van der Waals surface area (Å²) in [6.07, 6.45) is 0.377. The average Bonchev–Trinajstić information content (AvgIpc) is 3.40. The number of aromatic nitrogens is 4. The van der Waals surface area contributed by atoms with Gasteiger partial charge in [-0.3, -0.25) is 14.9 Å². The van der Waals surface area contributed by atoms with Crippen molar-refractivity contribution >= 4 is 33.7 Å². The first-order valence-corrected chi connectivity index (χ1v) is 10.2. The van der Waals surface area contributed by atoms with Crippen LogP contribution in [0.4, 0.5) is 5.13 Å². The maximum Gasteiger partial charge on any atom is 0.276 e. The Morgan fingerprint density at radius 2 is 2.03 bits per heavy atom. The number of ether oxygens (including phenoxy) is 1. The van der Waals surface area contributed by atoms with Gasteiger partial charge in [0.15, 0.2) is 5.01 Å². The molecule has 4 aromatic rings. The zero-order chi connectivity index (χ0) is 20.2. The number of amides is 1. The molecule has 0 bridgehead atoms. The molecule has 29 heavy (non-hydrogen) atoms. The van der Waals surface area contributed by atoms with E-state index in [9.17, 15) is 9.59 Å². The van der Waals surface area contributed by atoms with Crippen molar-refractivity contribution in [3.05, 3.63) is 75.3 Å². The fourth-order valence-electron chi connectivity index (χ4n) is 2.58. The van der Waals surface area contributed by atoms with E-state index in [1.165, 1.54) is 11.3 Å². The van der Waals surface area contributed by atoms with Gasteiger partial charge in [0.1, 0.15) is 17.3 Å². The van der Waals surface area contributed by atoms with E-state index >= 15 is 0 Å². The highest BCUT2D eigenvalue weighted by molar-refractivity contribution is 7.23. The van der Waals surface area contributed by atoms with Gasteiger partial charge in [-0.25, -0.2) is 4.98 Å². The number of nitrogens with zero attached hydrogens (tertiary/aromatic N) is 3. The van der Waals surface area contributed by atoms with Crippen LogP contribution in [-0.4, -0.2) is 33.2 Å². The average molecular weight is 425 g/mol. The molecule has 2 N–H and O–H groups in total. The highest BCUT2D eigenvalue weighted by Gasteiger charge is 2.14. The second kappa shape index (κ2) is 8.33. The number of aromatic amines is 1. The van der Waals surface area contributed by atoms with Crippen LogP contribution < -0.4 is 15.6 Å². The number of rotatable bonds is 6. The SMILES string of the molecule is COc1ccc(Cc2nc(C(=O)Nc3nnc(-c4cccs4)s3)cc(=O)[nH]2)cc1. The zero-order valence-electron chi connectivity index (χ0n) is 15.2. The van der Waals surface area contributed by atoms with E-state index in [0.29, 0.717) is 17.4 Å². The molecule has 0 saturated carbocycles. The first-order chi connectivity index (χ1) is 14.1. The molecule has 0 unspecified atom stereocenters. The topological polar surface area (TPSA) is 110 Å². The summed E-state index contributed by atoms with van der Waals surface area (Å²) in [5, 5.41) is 13.7. The number of thiophene rings is 1. The Bertz CT molecular complexity index is 1180. The molecule has 1 aromatic carbocycles. The third kappa shape index (κ3) is 4.55. The highest BCUT2D eigenvalue weighted by atomic mass is 32.1. The molecule has 3 aromatic heterocycles. The molecule has 0 atom stereocenters. The Morgan fingerprint density at radius 1 is 1.21 bits per heavy atom. The number of methoxy groups -OCH3 is 1. The van der Waals surface area contributed by atoms with Gasteiger partial charge in [-0.05, 0) is 29.1 Å². The molecule has 8 nitrogen and oxygen atoms in total. The first kappa shape index (κ1) is 19.0. The number of benzene rings is 1. The Kier molecular flexibility index (Phi) is 5.45. The van der Waals surface area contributed by atoms with Crippen molar-refractivity contribution in [3.8, 4) is 15.6 Å². The minimum absolute atomic E-state index is 0.0186. The number of carbonyl (C=O) groups is 1. The van der Waals surface area contributed by atoms with Crippen LogP contribution >= 0.6 is 22.7 Å². The number of hydrogen-bond donors (Lipinski definition) is 2. The molecule has 0 saturated heterocycles. The molecule has 10 heteroatoms. The van der Waals surface area contributed by atoms with Crippen LogP contribution in [0.3, 0.4) is 0 Å². The van der Waals surface area contributed by atoms with Crippen LogP contribution in [0.15, 0.2) is 52.6 Å². The fourth-order valence-corrected chi connectivity index (χ4v) is 4.11. The predicted octanol–water partition coefficient (Wildman–Crippen LogP) is 3.20. The number of carbonyl (C=O) groups excluding carboxylic acids is 1. The minimum Gasteiger partial charge on any atom is -0.497 e. The summed E-state index contributed by atoms with van der Waals surface area (Å²) < 4.78 is 5.14. The Hall–Kier alpha value is -3.37. The van der Waals surface area contributed by atoms with Crippen LogP contribution in [0.5, 0.6) is 5.75 Å². The standard InChI is InChI=1S/C19H15N5O3S2/c1-27-12-6-4-11(5-7-12)9-15-20-13(10-16(25)21-15)17(26)22-19-24-23-18(29-19)14-3-2-8-28-14/h2-8,10H,9H2,1H3,(H,20,21,25)(H,22,24,26). The molecule has 0 aliphatic heterocycles. The monoisotopic (exact) mass is 425 g/mol. The molecule has 0 radical (unpaired) electrons. The quantitative estimate of drug-likeness (QED) is 0.491. The maximum atomic E-state index is 12.5. The van der Waals surface area contributed by atoms with Crippen LogP contribution in [-0.2, 0) is 6.42 Å². The van der Waals surface area contributed by atoms with Crippen molar-refractivity contribution in [1.29, 1.82) is 0 Å². The lowest BCUT2D eigenvalue weighted by Gasteiger charge is -2.05. The number of H-pyrrole nitrogens is 1. The third-order valence-electron chi connectivity index (χ3n) is 3.93. The molecule has 1 amide bonds. The number of hydrogen-bond acceptors (Lipinski definition) is 8. The first-order valence-electron chi connectivity index (χ1n) is 8.52. The van der Waals surface area contributed by atoms with Crippen molar-refractivity contribution in [2.45, 2.75) is 6.42 Å².